The first kappa shape index (κ1) is 22.5. The highest BCUT2D eigenvalue weighted by Gasteiger charge is 2.45. The van der Waals surface area contributed by atoms with E-state index in [4.69, 9.17) is 28.9 Å². The molecule has 8 heteroatoms. The normalized spacial score (nSPS) is 17.7. The van der Waals surface area contributed by atoms with Crippen molar-refractivity contribution in [2.75, 3.05) is 11.1 Å². The number of anilines is 2. The maximum Gasteiger partial charge on any atom is 0.205 e. The third-order valence-corrected chi connectivity index (χ3v) is 7.62. The number of rotatable bonds is 4. The number of fused-ring (bicyclic) bond motifs is 1. The van der Waals surface area contributed by atoms with Crippen LogP contribution in [0.1, 0.15) is 47.1 Å². The molecule has 1 aromatic heterocycles. The van der Waals surface area contributed by atoms with Crippen LogP contribution < -0.4 is 11.1 Å². The van der Waals surface area contributed by atoms with Crippen LogP contribution in [0, 0.1) is 5.82 Å². The Labute approximate surface area is 198 Å². The monoisotopic (exact) mass is 488 g/mol. The number of carbonyl (C=O) groups excluding carboxylic acids is 2. The summed E-state index contributed by atoms with van der Waals surface area (Å²) >= 11 is 13.3. The Morgan fingerprint density at radius 2 is 1.84 bits per heavy atom. The molecule has 1 aliphatic rings. The Kier molecular flexibility index (Phi) is 5.65. The average molecular weight is 489 g/mol. The largest absolute Gasteiger partial charge is 0.397 e. The lowest BCUT2D eigenvalue weighted by Crippen LogP contribution is -2.36. The highest BCUT2D eigenvalue weighted by Crippen LogP contribution is 2.54. The number of halogens is 3. The van der Waals surface area contributed by atoms with Crippen LogP contribution in [0.5, 0.6) is 0 Å². The number of allylic oxidation sites excluding steroid dienone is 2. The summed E-state index contributed by atoms with van der Waals surface area (Å²) in [6.07, 6.45) is 0. The predicted octanol–water partition coefficient (Wildman–Crippen LogP) is 6.60. The number of nitrogens with one attached hydrogen (secondary N) is 1. The minimum Gasteiger partial charge on any atom is -0.397 e. The lowest BCUT2D eigenvalue weighted by Gasteiger charge is -2.38. The fraction of sp³-hybridized carbons (Fsp3) is 0.167. The molecule has 0 saturated heterocycles. The lowest BCUT2D eigenvalue weighted by molar-refractivity contribution is -0.114. The first-order valence-electron chi connectivity index (χ1n) is 9.73. The van der Waals surface area contributed by atoms with Crippen LogP contribution in [0.4, 0.5) is 15.1 Å². The quantitative estimate of drug-likeness (QED) is 0.405. The molecule has 164 valence electrons. The van der Waals surface area contributed by atoms with E-state index >= 15 is 0 Å². The van der Waals surface area contributed by atoms with E-state index in [-0.39, 0.29) is 22.3 Å². The topological polar surface area (TPSA) is 72.2 Å². The second kappa shape index (κ2) is 8.03. The van der Waals surface area contributed by atoms with Gasteiger partial charge in [-0.15, -0.1) is 11.3 Å². The van der Waals surface area contributed by atoms with Crippen molar-refractivity contribution in [3.63, 3.8) is 0 Å². The number of hydrogen-bond donors (Lipinski definition) is 2. The molecule has 0 radical (unpaired) electrons. The summed E-state index contributed by atoms with van der Waals surface area (Å²) in [7, 11) is 0. The zero-order valence-corrected chi connectivity index (χ0v) is 19.8. The summed E-state index contributed by atoms with van der Waals surface area (Å²) in [5, 5.41) is 4.46. The molecule has 2 aromatic carbocycles. The van der Waals surface area contributed by atoms with Gasteiger partial charge in [-0.1, -0.05) is 35.3 Å². The van der Waals surface area contributed by atoms with Crippen molar-refractivity contribution in [3.05, 3.63) is 91.2 Å². The molecule has 0 bridgehead atoms. The zero-order chi connectivity index (χ0) is 23.4. The number of Topliss-reactive ketones (excluding diaryl/α,β-unsaturated/α-hetero) is 1. The molecule has 0 amide bonds. The SMILES string of the molecule is CC(=O)C1=C(C)Nc2sc(C(=O)c3ccc(Cl)c(Cl)c3)c(N)c2C1(C)c1cccc(F)c1. The predicted molar refractivity (Wildman–Crippen MR) is 128 cm³/mol. The van der Waals surface area contributed by atoms with Crippen LogP contribution in [0.25, 0.3) is 0 Å². The van der Waals surface area contributed by atoms with Gasteiger partial charge in [0.2, 0.25) is 5.78 Å². The van der Waals surface area contributed by atoms with E-state index in [1.165, 1.54) is 36.5 Å². The molecule has 3 aromatic rings. The van der Waals surface area contributed by atoms with Crippen molar-refractivity contribution in [1.82, 2.24) is 0 Å². The second-order valence-electron chi connectivity index (χ2n) is 7.82. The summed E-state index contributed by atoms with van der Waals surface area (Å²) < 4.78 is 14.2. The molecule has 0 spiro atoms. The standard InChI is InChI=1S/C24H19Cl2FN2O2S/c1-11-18(12(2)30)24(3,14-5-4-6-15(27)10-14)19-20(28)22(32-23(19)29-11)21(31)13-7-8-16(25)17(26)9-13/h4-10,29H,28H2,1-3H3. The first-order chi connectivity index (χ1) is 15.1. The Bertz CT molecular complexity index is 1330. The number of nitrogens with two attached hydrogens (primary N) is 1. The molecule has 2 heterocycles. The molecular formula is C24H19Cl2FN2O2S. The molecule has 1 atom stereocenters. The van der Waals surface area contributed by atoms with Gasteiger partial charge in [0.05, 0.1) is 26.1 Å². The first-order valence-corrected chi connectivity index (χ1v) is 11.3. The van der Waals surface area contributed by atoms with Crippen LogP contribution in [-0.4, -0.2) is 11.6 Å². The molecule has 0 saturated carbocycles. The smallest absolute Gasteiger partial charge is 0.205 e. The highest BCUT2D eigenvalue weighted by molar-refractivity contribution is 7.19. The number of benzene rings is 2. The van der Waals surface area contributed by atoms with Crippen LogP contribution in [0.2, 0.25) is 10.0 Å². The molecule has 1 unspecified atom stereocenters. The van der Waals surface area contributed by atoms with E-state index in [1.807, 2.05) is 6.92 Å². The van der Waals surface area contributed by atoms with Crippen molar-refractivity contribution in [2.45, 2.75) is 26.2 Å². The van der Waals surface area contributed by atoms with E-state index in [0.29, 0.717) is 42.9 Å². The summed E-state index contributed by atoms with van der Waals surface area (Å²) in [5.74, 6) is -0.911. The number of nitrogen functional groups attached to an aromatic ring is 1. The van der Waals surface area contributed by atoms with Crippen LogP contribution in [-0.2, 0) is 10.2 Å². The van der Waals surface area contributed by atoms with Crippen LogP contribution in [0.15, 0.2) is 53.7 Å². The summed E-state index contributed by atoms with van der Waals surface area (Å²) in [5.41, 5.74) is 8.33. The minimum atomic E-state index is -1.05. The minimum absolute atomic E-state index is 0.171. The van der Waals surface area contributed by atoms with Crippen LogP contribution >= 0.6 is 34.5 Å². The van der Waals surface area contributed by atoms with Crippen LogP contribution in [0.3, 0.4) is 0 Å². The van der Waals surface area contributed by atoms with Crippen molar-refractivity contribution < 1.29 is 14.0 Å². The highest BCUT2D eigenvalue weighted by atomic mass is 35.5. The number of carbonyl (C=O) groups is 2. The summed E-state index contributed by atoms with van der Waals surface area (Å²) in [4.78, 5) is 26.3. The van der Waals surface area contributed by atoms with E-state index in [0.717, 1.165) is 0 Å². The van der Waals surface area contributed by atoms with Gasteiger partial charge >= 0.3 is 0 Å². The number of hydrogen-bond acceptors (Lipinski definition) is 5. The number of thiophene rings is 1. The Hall–Kier alpha value is -2.67. The van der Waals surface area contributed by atoms with Gasteiger partial charge in [-0.3, -0.25) is 9.59 Å². The van der Waals surface area contributed by atoms with Gasteiger partial charge in [0.25, 0.3) is 0 Å². The third-order valence-electron chi connectivity index (χ3n) is 5.76. The van der Waals surface area contributed by atoms with E-state index in [1.54, 1.807) is 31.2 Å². The summed E-state index contributed by atoms with van der Waals surface area (Å²) in [6, 6.07) is 10.7. The van der Waals surface area contributed by atoms with Crippen molar-refractivity contribution in [3.8, 4) is 0 Å². The van der Waals surface area contributed by atoms with Gasteiger partial charge in [-0.2, -0.15) is 0 Å². The van der Waals surface area contributed by atoms with Gasteiger partial charge < -0.3 is 11.1 Å². The fourth-order valence-corrected chi connectivity index (χ4v) is 5.95. The average Bonchev–Trinajstić information content (AvgIpc) is 3.05. The Morgan fingerprint density at radius 3 is 2.47 bits per heavy atom. The molecule has 4 rings (SSSR count). The molecule has 0 fully saturated rings. The van der Waals surface area contributed by atoms with Crippen molar-refractivity contribution in [2.24, 2.45) is 0 Å². The molecule has 3 N–H and O–H groups in total. The second-order valence-corrected chi connectivity index (χ2v) is 9.66. The lowest BCUT2D eigenvalue weighted by atomic mass is 9.67. The summed E-state index contributed by atoms with van der Waals surface area (Å²) in [6.45, 7) is 5.08. The molecule has 32 heavy (non-hydrogen) atoms. The molecular weight excluding hydrogens is 470 g/mol. The van der Waals surface area contributed by atoms with Crippen molar-refractivity contribution in [1.29, 1.82) is 0 Å². The van der Waals surface area contributed by atoms with Gasteiger partial charge in [0, 0.05) is 22.4 Å². The van der Waals surface area contributed by atoms with Gasteiger partial charge in [0.1, 0.15) is 10.7 Å². The third kappa shape index (κ3) is 3.43. The van der Waals surface area contributed by atoms with Gasteiger partial charge in [-0.25, -0.2) is 4.39 Å². The van der Waals surface area contributed by atoms with E-state index in [2.05, 4.69) is 5.32 Å². The maximum atomic E-state index is 14.2. The number of ketones is 2. The Balaban J connectivity index is 1.96. The fourth-order valence-electron chi connectivity index (χ4n) is 4.40. The molecule has 4 nitrogen and oxygen atoms in total. The molecule has 0 aliphatic carbocycles. The van der Waals surface area contributed by atoms with E-state index < -0.39 is 11.2 Å². The van der Waals surface area contributed by atoms with Gasteiger partial charge in [0.15, 0.2) is 5.78 Å². The van der Waals surface area contributed by atoms with Gasteiger partial charge in [-0.05, 0) is 56.7 Å². The zero-order valence-electron chi connectivity index (χ0n) is 17.5. The van der Waals surface area contributed by atoms with E-state index in [9.17, 15) is 14.0 Å². The molecule has 1 aliphatic heterocycles. The van der Waals surface area contributed by atoms with Crippen molar-refractivity contribution >= 4 is 56.8 Å². The Morgan fingerprint density at radius 1 is 1.12 bits per heavy atom. The maximum absolute atomic E-state index is 14.2.